The molecule has 0 amide bonds. The second kappa shape index (κ2) is 10.2. The first-order valence-electron chi connectivity index (χ1n) is 15.9. The van der Waals surface area contributed by atoms with Gasteiger partial charge in [-0.15, -0.1) is 0 Å². The summed E-state index contributed by atoms with van der Waals surface area (Å²) in [7, 11) is -2.00. The van der Waals surface area contributed by atoms with E-state index in [0.29, 0.717) is 0 Å². The molecule has 0 unspecified atom stereocenters. The molecule has 0 N–H and O–H groups in total. The average molecular weight is 606 g/mol. The van der Waals surface area contributed by atoms with E-state index < -0.39 is 8.07 Å². The molecule has 1 aliphatic heterocycles. The highest BCUT2D eigenvalue weighted by Crippen LogP contribution is 2.36. The number of hydrogen-bond acceptors (Lipinski definition) is 2. The minimum Gasteiger partial charge on any atom is -0.309 e. The Labute approximate surface area is 269 Å². The van der Waals surface area contributed by atoms with Crippen molar-refractivity contribution in [2.24, 2.45) is 0 Å². The summed E-state index contributed by atoms with van der Waals surface area (Å²) in [5.74, 6) is 0.763. The van der Waals surface area contributed by atoms with Crippen molar-refractivity contribution in [3.63, 3.8) is 0 Å². The normalized spacial score (nSPS) is 13.2. The zero-order valence-corrected chi connectivity index (χ0v) is 26.8. The van der Waals surface area contributed by atoms with Crippen molar-refractivity contribution >= 4 is 40.3 Å². The Morgan fingerprint density at radius 3 is 1.80 bits per heavy atom. The van der Waals surface area contributed by atoms with E-state index in [-0.39, 0.29) is 0 Å². The lowest BCUT2D eigenvalue weighted by Crippen LogP contribution is -2.50. The molecule has 46 heavy (non-hydrogen) atoms. The molecule has 0 aliphatic carbocycles. The fourth-order valence-electron chi connectivity index (χ4n) is 7.41. The third kappa shape index (κ3) is 4.04. The Bertz CT molecular complexity index is 2400. The Balaban J connectivity index is 1.20. The van der Waals surface area contributed by atoms with Crippen molar-refractivity contribution in [1.82, 2.24) is 14.5 Å². The molecule has 2 aromatic heterocycles. The summed E-state index contributed by atoms with van der Waals surface area (Å²) < 4.78 is 2.37. The number of para-hydroxylation sites is 2. The monoisotopic (exact) mass is 605 g/mol. The van der Waals surface area contributed by atoms with E-state index in [0.717, 1.165) is 45.2 Å². The van der Waals surface area contributed by atoms with Crippen molar-refractivity contribution in [2.45, 2.75) is 13.1 Å². The molecule has 0 radical (unpaired) electrons. The van der Waals surface area contributed by atoms with Crippen LogP contribution in [0.25, 0.3) is 72.5 Å². The summed E-state index contributed by atoms with van der Waals surface area (Å²) in [5.41, 5.74) is 11.4. The maximum Gasteiger partial charge on any atom is 0.160 e. The molecule has 8 aromatic rings. The predicted molar refractivity (Wildman–Crippen MR) is 195 cm³/mol. The molecule has 0 atom stereocenters. The van der Waals surface area contributed by atoms with Gasteiger partial charge < -0.3 is 4.57 Å². The average Bonchev–Trinajstić information content (AvgIpc) is 3.57. The van der Waals surface area contributed by atoms with Gasteiger partial charge in [-0.3, -0.25) is 0 Å². The van der Waals surface area contributed by atoms with Crippen LogP contribution in [0.3, 0.4) is 0 Å². The van der Waals surface area contributed by atoms with Gasteiger partial charge in [0.2, 0.25) is 0 Å². The van der Waals surface area contributed by atoms with Gasteiger partial charge in [-0.2, -0.15) is 0 Å². The minimum atomic E-state index is -2.00. The Morgan fingerprint density at radius 2 is 1.04 bits per heavy atom. The van der Waals surface area contributed by atoms with Crippen LogP contribution in [0.4, 0.5) is 0 Å². The van der Waals surface area contributed by atoms with Gasteiger partial charge in [0, 0.05) is 27.6 Å². The highest BCUT2D eigenvalue weighted by molar-refractivity contribution is 7.04. The Kier molecular flexibility index (Phi) is 5.96. The molecule has 6 aromatic carbocycles. The standard InChI is InChI=1S/C42H31N3Si/c1-46(2)38-25-11-8-22-35(38)40-41(46)39(28-14-4-3-5-15-28)43-42(44-40)31-18-12-16-29(26-31)30-17-13-19-32(27-30)45-36-23-9-6-20-33(36)34-21-7-10-24-37(34)45/h3-27H,1-2H3. The van der Waals surface area contributed by atoms with E-state index in [1.54, 1.807) is 0 Å². The van der Waals surface area contributed by atoms with E-state index in [1.807, 2.05) is 0 Å². The van der Waals surface area contributed by atoms with Crippen LogP contribution in [0.1, 0.15) is 0 Å². The Morgan fingerprint density at radius 1 is 0.478 bits per heavy atom. The van der Waals surface area contributed by atoms with Crippen LogP contribution in [-0.4, -0.2) is 22.6 Å². The maximum absolute atomic E-state index is 5.34. The van der Waals surface area contributed by atoms with Crippen molar-refractivity contribution in [2.75, 3.05) is 0 Å². The van der Waals surface area contributed by atoms with Gasteiger partial charge in [0.05, 0.1) is 22.4 Å². The molecular formula is C42H31N3Si. The van der Waals surface area contributed by atoms with Crippen LogP contribution >= 0.6 is 0 Å². The topological polar surface area (TPSA) is 30.7 Å². The fraction of sp³-hybridized carbons (Fsp3) is 0.0476. The van der Waals surface area contributed by atoms with Crippen molar-refractivity contribution in [1.29, 1.82) is 0 Å². The second-order valence-electron chi connectivity index (χ2n) is 12.7. The van der Waals surface area contributed by atoms with Crippen LogP contribution in [0.2, 0.25) is 13.1 Å². The van der Waals surface area contributed by atoms with Gasteiger partial charge in [0.25, 0.3) is 0 Å². The summed E-state index contributed by atoms with van der Waals surface area (Å²) >= 11 is 0. The zero-order valence-electron chi connectivity index (χ0n) is 25.8. The fourth-order valence-corrected chi connectivity index (χ4v) is 10.6. The molecule has 3 heterocycles. The third-order valence-corrected chi connectivity index (χ3v) is 13.1. The summed E-state index contributed by atoms with van der Waals surface area (Å²) in [6.07, 6.45) is 0. The lowest BCUT2D eigenvalue weighted by molar-refractivity contribution is 1.18. The van der Waals surface area contributed by atoms with Crippen LogP contribution < -0.4 is 10.4 Å². The highest BCUT2D eigenvalue weighted by atomic mass is 28.3. The smallest absolute Gasteiger partial charge is 0.160 e. The first kappa shape index (κ1) is 26.8. The molecule has 4 heteroatoms. The molecule has 0 bridgehead atoms. The van der Waals surface area contributed by atoms with E-state index in [4.69, 9.17) is 9.97 Å². The zero-order chi connectivity index (χ0) is 30.8. The molecule has 1 aliphatic rings. The molecule has 0 saturated carbocycles. The van der Waals surface area contributed by atoms with Gasteiger partial charge in [-0.05, 0) is 57.4 Å². The van der Waals surface area contributed by atoms with Crippen LogP contribution in [-0.2, 0) is 0 Å². The van der Waals surface area contributed by atoms with Crippen molar-refractivity contribution in [3.8, 4) is 50.7 Å². The number of hydrogen-bond donors (Lipinski definition) is 0. The minimum absolute atomic E-state index is 0.763. The van der Waals surface area contributed by atoms with E-state index in [9.17, 15) is 0 Å². The van der Waals surface area contributed by atoms with Crippen LogP contribution in [0, 0.1) is 0 Å². The number of fused-ring (bicyclic) bond motifs is 6. The maximum atomic E-state index is 5.34. The molecule has 218 valence electrons. The van der Waals surface area contributed by atoms with Crippen LogP contribution in [0.5, 0.6) is 0 Å². The number of nitrogens with zero attached hydrogens (tertiary/aromatic N) is 3. The number of rotatable bonds is 4. The summed E-state index contributed by atoms with van der Waals surface area (Å²) in [6.45, 7) is 4.86. The predicted octanol–water partition coefficient (Wildman–Crippen LogP) is 9.38. The number of aromatic nitrogens is 3. The quantitative estimate of drug-likeness (QED) is 0.187. The van der Waals surface area contributed by atoms with Crippen LogP contribution in [0.15, 0.2) is 152 Å². The summed E-state index contributed by atoms with van der Waals surface area (Å²) in [4.78, 5) is 10.7. The largest absolute Gasteiger partial charge is 0.309 e. The lowest BCUT2D eigenvalue weighted by atomic mass is 10.0. The van der Waals surface area contributed by atoms with Gasteiger partial charge in [0.1, 0.15) is 8.07 Å². The SMILES string of the molecule is C[Si]1(C)c2ccccc2-c2nc(-c3cccc(-c4cccc(-n5c6ccccc6c6ccccc65)c4)c3)nc(-c3ccccc3)c21. The molecule has 3 nitrogen and oxygen atoms in total. The number of benzene rings is 6. The van der Waals surface area contributed by atoms with Crippen molar-refractivity contribution in [3.05, 3.63) is 152 Å². The molecule has 0 fully saturated rings. The lowest BCUT2D eigenvalue weighted by Gasteiger charge is -2.21. The summed E-state index contributed by atoms with van der Waals surface area (Å²) in [5, 5.41) is 5.30. The molecule has 0 saturated heterocycles. The first-order valence-corrected chi connectivity index (χ1v) is 18.9. The molecular weight excluding hydrogens is 575 g/mol. The van der Waals surface area contributed by atoms with Gasteiger partial charge >= 0.3 is 0 Å². The molecule has 0 spiro atoms. The Hall–Kier alpha value is -5.58. The molecule has 9 rings (SSSR count). The summed E-state index contributed by atoms with van der Waals surface area (Å²) in [6, 6.07) is 54.3. The van der Waals surface area contributed by atoms with E-state index in [2.05, 4.69) is 169 Å². The van der Waals surface area contributed by atoms with Gasteiger partial charge in [-0.1, -0.05) is 134 Å². The first-order chi connectivity index (χ1) is 22.6. The van der Waals surface area contributed by atoms with Gasteiger partial charge in [0.15, 0.2) is 5.82 Å². The van der Waals surface area contributed by atoms with E-state index >= 15 is 0 Å². The third-order valence-electron chi connectivity index (χ3n) is 9.58. The highest BCUT2D eigenvalue weighted by Gasteiger charge is 2.41. The van der Waals surface area contributed by atoms with E-state index in [1.165, 1.54) is 37.7 Å². The van der Waals surface area contributed by atoms with Crippen molar-refractivity contribution < 1.29 is 0 Å². The van der Waals surface area contributed by atoms with Gasteiger partial charge in [-0.25, -0.2) is 9.97 Å². The second-order valence-corrected chi connectivity index (χ2v) is 16.9.